The summed E-state index contributed by atoms with van der Waals surface area (Å²) in [7, 11) is 1.61. The third kappa shape index (κ3) is 4.17. The van der Waals surface area contributed by atoms with Gasteiger partial charge < -0.3 is 15.3 Å². The van der Waals surface area contributed by atoms with Crippen LogP contribution in [0.4, 0.5) is 0 Å². The molecule has 4 nitrogen and oxygen atoms in total. The number of halogens is 1. The Bertz CT molecular complexity index is 559. The van der Waals surface area contributed by atoms with Crippen molar-refractivity contribution in [3.63, 3.8) is 0 Å². The van der Waals surface area contributed by atoms with Crippen LogP contribution in [-0.2, 0) is 6.61 Å². The molecule has 2 N–H and O–H groups in total. The maximum absolute atomic E-state index is 5.77. The third-order valence-corrected chi connectivity index (χ3v) is 2.65. The lowest BCUT2D eigenvalue weighted by Gasteiger charge is -2.11. The summed E-state index contributed by atoms with van der Waals surface area (Å²) in [5.41, 5.74) is 1.97. The standard InChI is InChI=1S/C15H16N2O2.ClH/c1-18-14-8-7-13(10-17-16)9-15(14)19-11-12-5-3-2-4-6-12;/h2-10H,11,16H2,1H3;1H/b17-10-;. The Morgan fingerprint density at radius 3 is 2.50 bits per heavy atom. The number of rotatable bonds is 5. The van der Waals surface area contributed by atoms with Crippen molar-refractivity contribution in [2.75, 3.05) is 7.11 Å². The minimum atomic E-state index is 0. The van der Waals surface area contributed by atoms with E-state index in [0.717, 1.165) is 11.1 Å². The number of nitrogens with two attached hydrogens (primary N) is 1. The molecular weight excluding hydrogens is 276 g/mol. The summed E-state index contributed by atoms with van der Waals surface area (Å²) in [5, 5.41) is 3.50. The molecule has 0 heterocycles. The van der Waals surface area contributed by atoms with Gasteiger partial charge in [-0.1, -0.05) is 30.3 Å². The van der Waals surface area contributed by atoms with E-state index in [4.69, 9.17) is 15.3 Å². The fourth-order valence-electron chi connectivity index (χ4n) is 1.71. The van der Waals surface area contributed by atoms with Crippen LogP contribution < -0.4 is 15.3 Å². The smallest absolute Gasteiger partial charge is 0.162 e. The lowest BCUT2D eigenvalue weighted by Crippen LogP contribution is -1.98. The highest BCUT2D eigenvalue weighted by molar-refractivity contribution is 5.85. The fourth-order valence-corrected chi connectivity index (χ4v) is 1.71. The summed E-state index contributed by atoms with van der Waals surface area (Å²) in [6.07, 6.45) is 1.56. The van der Waals surface area contributed by atoms with Crippen molar-refractivity contribution in [2.45, 2.75) is 6.61 Å². The molecule has 0 unspecified atom stereocenters. The Morgan fingerprint density at radius 1 is 1.10 bits per heavy atom. The molecule has 0 aliphatic rings. The highest BCUT2D eigenvalue weighted by Crippen LogP contribution is 2.28. The molecule has 2 rings (SSSR count). The van der Waals surface area contributed by atoms with Gasteiger partial charge in [-0.3, -0.25) is 0 Å². The molecule has 106 valence electrons. The molecule has 2 aromatic rings. The lowest BCUT2D eigenvalue weighted by atomic mass is 10.2. The quantitative estimate of drug-likeness (QED) is 0.523. The van der Waals surface area contributed by atoms with Gasteiger partial charge >= 0.3 is 0 Å². The van der Waals surface area contributed by atoms with Crippen molar-refractivity contribution in [3.05, 3.63) is 59.7 Å². The summed E-state index contributed by atoms with van der Waals surface area (Å²) >= 11 is 0. The van der Waals surface area contributed by atoms with Crippen LogP contribution in [0.25, 0.3) is 0 Å². The van der Waals surface area contributed by atoms with Gasteiger partial charge in [0.1, 0.15) is 6.61 Å². The molecule has 0 spiro atoms. The van der Waals surface area contributed by atoms with Gasteiger partial charge in [0, 0.05) is 0 Å². The molecule has 0 radical (unpaired) electrons. The second-order valence-corrected chi connectivity index (χ2v) is 3.96. The van der Waals surface area contributed by atoms with Crippen LogP contribution in [0.15, 0.2) is 53.6 Å². The first-order chi connectivity index (χ1) is 9.33. The van der Waals surface area contributed by atoms with Gasteiger partial charge in [-0.05, 0) is 29.3 Å². The van der Waals surface area contributed by atoms with Crippen molar-refractivity contribution in [2.24, 2.45) is 10.9 Å². The van der Waals surface area contributed by atoms with E-state index in [9.17, 15) is 0 Å². The van der Waals surface area contributed by atoms with Gasteiger partial charge in [0.25, 0.3) is 0 Å². The Balaban J connectivity index is 0.00000200. The largest absolute Gasteiger partial charge is 0.493 e. The summed E-state index contributed by atoms with van der Waals surface area (Å²) in [6.45, 7) is 0.487. The van der Waals surface area contributed by atoms with Crippen LogP contribution in [0.5, 0.6) is 11.5 Å². The highest BCUT2D eigenvalue weighted by Gasteiger charge is 2.05. The van der Waals surface area contributed by atoms with Gasteiger partial charge in [-0.15, -0.1) is 12.4 Å². The highest BCUT2D eigenvalue weighted by atomic mass is 35.5. The van der Waals surface area contributed by atoms with E-state index in [1.54, 1.807) is 13.3 Å². The van der Waals surface area contributed by atoms with E-state index >= 15 is 0 Å². The molecule has 0 aliphatic heterocycles. The van der Waals surface area contributed by atoms with E-state index in [1.165, 1.54) is 0 Å². The molecular formula is C15H17ClN2O2. The third-order valence-electron chi connectivity index (χ3n) is 2.65. The number of hydrazone groups is 1. The van der Waals surface area contributed by atoms with Crippen LogP contribution in [0.3, 0.4) is 0 Å². The summed E-state index contributed by atoms with van der Waals surface area (Å²) in [5.74, 6) is 6.50. The lowest BCUT2D eigenvalue weighted by molar-refractivity contribution is 0.284. The van der Waals surface area contributed by atoms with Crippen LogP contribution in [0, 0.1) is 0 Å². The van der Waals surface area contributed by atoms with Crippen molar-refractivity contribution in [1.29, 1.82) is 0 Å². The second-order valence-electron chi connectivity index (χ2n) is 3.96. The SMILES string of the molecule is COc1ccc(/C=N\N)cc1OCc1ccccc1.Cl. The normalized spacial score (nSPS) is 10.1. The first-order valence-corrected chi connectivity index (χ1v) is 5.91. The Labute approximate surface area is 124 Å². The predicted molar refractivity (Wildman–Crippen MR) is 82.8 cm³/mol. The minimum absolute atomic E-state index is 0. The van der Waals surface area contributed by atoms with E-state index in [-0.39, 0.29) is 12.4 Å². The molecule has 0 amide bonds. The zero-order valence-electron chi connectivity index (χ0n) is 11.2. The van der Waals surface area contributed by atoms with Gasteiger partial charge in [0.05, 0.1) is 13.3 Å². The monoisotopic (exact) mass is 292 g/mol. The minimum Gasteiger partial charge on any atom is -0.493 e. The van der Waals surface area contributed by atoms with Crippen LogP contribution in [-0.4, -0.2) is 13.3 Å². The molecule has 0 aliphatic carbocycles. The molecule has 0 saturated carbocycles. The van der Waals surface area contributed by atoms with Crippen molar-refractivity contribution in [3.8, 4) is 11.5 Å². The van der Waals surface area contributed by atoms with Gasteiger partial charge in [-0.2, -0.15) is 5.10 Å². The number of hydrogen-bond donors (Lipinski definition) is 1. The Morgan fingerprint density at radius 2 is 1.85 bits per heavy atom. The van der Waals surface area contributed by atoms with E-state index < -0.39 is 0 Å². The molecule has 20 heavy (non-hydrogen) atoms. The maximum Gasteiger partial charge on any atom is 0.162 e. The number of nitrogens with zero attached hydrogens (tertiary/aromatic N) is 1. The average Bonchev–Trinajstić information content (AvgIpc) is 2.47. The Hall–Kier alpha value is -2.20. The van der Waals surface area contributed by atoms with Crippen molar-refractivity contribution < 1.29 is 9.47 Å². The van der Waals surface area contributed by atoms with Gasteiger partial charge in [-0.25, -0.2) is 0 Å². The van der Waals surface area contributed by atoms with Crippen molar-refractivity contribution in [1.82, 2.24) is 0 Å². The average molecular weight is 293 g/mol. The van der Waals surface area contributed by atoms with Crippen molar-refractivity contribution >= 4 is 18.6 Å². The zero-order chi connectivity index (χ0) is 13.5. The number of ether oxygens (including phenoxy) is 2. The molecule has 0 bridgehead atoms. The molecule has 0 saturated heterocycles. The van der Waals surface area contributed by atoms with Crippen LogP contribution in [0.2, 0.25) is 0 Å². The first-order valence-electron chi connectivity index (χ1n) is 5.91. The molecule has 0 fully saturated rings. The predicted octanol–water partition coefficient (Wildman–Crippen LogP) is 2.99. The van der Waals surface area contributed by atoms with Crippen LogP contribution >= 0.6 is 12.4 Å². The number of hydrogen-bond acceptors (Lipinski definition) is 4. The van der Waals surface area contributed by atoms with E-state index in [0.29, 0.717) is 18.1 Å². The summed E-state index contributed by atoms with van der Waals surface area (Å²) in [6, 6.07) is 15.5. The van der Waals surface area contributed by atoms with Gasteiger partial charge in [0.15, 0.2) is 11.5 Å². The second kappa shape index (κ2) is 8.07. The summed E-state index contributed by atoms with van der Waals surface area (Å²) < 4.78 is 11.0. The molecule has 0 aromatic heterocycles. The number of benzene rings is 2. The number of methoxy groups -OCH3 is 1. The zero-order valence-corrected chi connectivity index (χ0v) is 12.0. The topological polar surface area (TPSA) is 56.8 Å². The van der Waals surface area contributed by atoms with Gasteiger partial charge in [0.2, 0.25) is 0 Å². The first kappa shape index (κ1) is 15.9. The summed E-state index contributed by atoms with van der Waals surface area (Å²) in [4.78, 5) is 0. The molecule has 0 atom stereocenters. The van der Waals surface area contributed by atoms with Crippen LogP contribution in [0.1, 0.15) is 11.1 Å². The fraction of sp³-hybridized carbons (Fsp3) is 0.133. The molecule has 5 heteroatoms. The van der Waals surface area contributed by atoms with E-state index in [1.807, 2.05) is 48.5 Å². The van der Waals surface area contributed by atoms with E-state index in [2.05, 4.69) is 5.10 Å². The Kier molecular flexibility index (Phi) is 6.40. The molecule has 2 aromatic carbocycles. The maximum atomic E-state index is 5.77.